The molecular formula is C14H16N2O5. The molecule has 21 heavy (non-hydrogen) atoms. The maximum Gasteiger partial charge on any atom is 0.321 e. The molecule has 3 amide bonds. The third-order valence-electron chi connectivity index (χ3n) is 2.36. The number of ether oxygens (including phenoxy) is 2. The zero-order valence-electron chi connectivity index (χ0n) is 11.5. The molecule has 0 aromatic heterocycles. The Morgan fingerprint density at radius 3 is 2.76 bits per heavy atom. The molecule has 0 radical (unpaired) electrons. The van der Waals surface area contributed by atoms with Crippen LogP contribution in [0.1, 0.15) is 10.4 Å². The number of imide groups is 1. The molecule has 0 bridgehead atoms. The number of hydrogen-bond acceptors (Lipinski definition) is 5. The maximum atomic E-state index is 11.5. The lowest BCUT2D eigenvalue weighted by Gasteiger charge is -2.09. The Balaban J connectivity index is 2.54. The van der Waals surface area contributed by atoms with Crippen molar-refractivity contribution in [3.8, 4) is 11.5 Å². The summed E-state index contributed by atoms with van der Waals surface area (Å²) < 4.78 is 10.2. The van der Waals surface area contributed by atoms with E-state index in [1.54, 1.807) is 6.07 Å². The smallest absolute Gasteiger partial charge is 0.321 e. The van der Waals surface area contributed by atoms with Crippen molar-refractivity contribution in [2.24, 2.45) is 0 Å². The third-order valence-corrected chi connectivity index (χ3v) is 2.36. The van der Waals surface area contributed by atoms with Crippen molar-refractivity contribution < 1.29 is 23.9 Å². The first-order valence-corrected chi connectivity index (χ1v) is 6.05. The lowest BCUT2D eigenvalue weighted by molar-refractivity contribution is -0.122. The molecule has 0 saturated heterocycles. The fraction of sp³-hybridized carbons (Fsp3) is 0.214. The van der Waals surface area contributed by atoms with Crippen molar-refractivity contribution in [2.45, 2.75) is 0 Å². The van der Waals surface area contributed by atoms with Gasteiger partial charge in [0.25, 0.3) is 5.91 Å². The molecule has 0 atom stereocenters. The van der Waals surface area contributed by atoms with E-state index in [-0.39, 0.29) is 17.9 Å². The normalized spacial score (nSPS) is 9.38. The van der Waals surface area contributed by atoms with Crippen molar-refractivity contribution in [3.05, 3.63) is 36.4 Å². The lowest BCUT2D eigenvalue weighted by Crippen LogP contribution is -2.41. The van der Waals surface area contributed by atoms with Crippen LogP contribution in [0.15, 0.2) is 30.9 Å². The van der Waals surface area contributed by atoms with Gasteiger partial charge in [-0.3, -0.25) is 14.9 Å². The van der Waals surface area contributed by atoms with Crippen molar-refractivity contribution in [2.75, 3.05) is 20.3 Å². The second-order valence-corrected chi connectivity index (χ2v) is 3.86. The molecule has 0 spiro atoms. The molecule has 0 aliphatic heterocycles. The van der Waals surface area contributed by atoms with Crippen LogP contribution in [0.4, 0.5) is 4.79 Å². The van der Waals surface area contributed by atoms with E-state index in [9.17, 15) is 14.4 Å². The zero-order valence-corrected chi connectivity index (χ0v) is 11.5. The monoisotopic (exact) mass is 292 g/mol. The molecule has 0 fully saturated rings. The van der Waals surface area contributed by atoms with Crippen LogP contribution in [-0.2, 0) is 4.79 Å². The van der Waals surface area contributed by atoms with Crippen molar-refractivity contribution in [1.82, 2.24) is 10.6 Å². The van der Waals surface area contributed by atoms with E-state index in [2.05, 4.69) is 17.2 Å². The Morgan fingerprint density at radius 2 is 2.14 bits per heavy atom. The number of urea groups is 1. The van der Waals surface area contributed by atoms with Gasteiger partial charge in [0.15, 0.2) is 12.9 Å². The van der Waals surface area contributed by atoms with Crippen LogP contribution in [-0.4, -0.2) is 38.5 Å². The summed E-state index contributed by atoms with van der Waals surface area (Å²) in [7, 11) is 1.47. The predicted molar refractivity (Wildman–Crippen MR) is 75.6 cm³/mol. The average molecular weight is 292 g/mol. The van der Waals surface area contributed by atoms with Crippen molar-refractivity contribution in [1.29, 1.82) is 0 Å². The Hall–Kier alpha value is -2.83. The zero-order chi connectivity index (χ0) is 15.7. The van der Waals surface area contributed by atoms with Crippen LogP contribution < -0.4 is 20.1 Å². The molecular weight excluding hydrogens is 276 g/mol. The van der Waals surface area contributed by atoms with E-state index >= 15 is 0 Å². The lowest BCUT2D eigenvalue weighted by atomic mass is 10.2. The number of hydrogen-bond donors (Lipinski definition) is 2. The summed E-state index contributed by atoms with van der Waals surface area (Å²) >= 11 is 0. The van der Waals surface area contributed by atoms with Gasteiger partial charge in [-0.15, -0.1) is 6.58 Å². The summed E-state index contributed by atoms with van der Waals surface area (Å²) in [6, 6.07) is 3.94. The molecule has 1 aromatic carbocycles. The molecule has 0 heterocycles. The molecule has 0 aliphatic carbocycles. The molecule has 7 nitrogen and oxygen atoms in total. The fourth-order valence-electron chi connectivity index (χ4n) is 1.39. The second kappa shape index (κ2) is 8.36. The van der Waals surface area contributed by atoms with Gasteiger partial charge in [-0.05, 0) is 18.2 Å². The first kappa shape index (κ1) is 16.2. The number of carbonyl (C=O) groups is 3. The summed E-state index contributed by atoms with van der Waals surface area (Å²) in [5, 5.41) is 4.45. The minimum absolute atomic E-state index is 0.229. The molecule has 0 saturated carbocycles. The van der Waals surface area contributed by atoms with Gasteiger partial charge in [-0.2, -0.15) is 0 Å². The second-order valence-electron chi connectivity index (χ2n) is 3.86. The highest BCUT2D eigenvalue weighted by molar-refractivity contribution is 5.95. The Bertz CT molecular complexity index is 542. The van der Waals surface area contributed by atoms with Crippen LogP contribution in [0.3, 0.4) is 0 Å². The van der Waals surface area contributed by atoms with Crippen molar-refractivity contribution >= 4 is 18.2 Å². The summed E-state index contributed by atoms with van der Waals surface area (Å²) in [5.74, 6) is 0.0920. The number of aldehydes is 1. The van der Waals surface area contributed by atoms with Gasteiger partial charge >= 0.3 is 6.03 Å². The van der Waals surface area contributed by atoms with Gasteiger partial charge in [0.05, 0.1) is 12.7 Å². The highest BCUT2D eigenvalue weighted by atomic mass is 16.5. The number of methoxy groups -OCH3 is 1. The summed E-state index contributed by atoms with van der Waals surface area (Å²) in [6.45, 7) is 3.28. The van der Waals surface area contributed by atoms with Gasteiger partial charge in [0, 0.05) is 6.54 Å². The number of rotatable bonds is 7. The van der Waals surface area contributed by atoms with E-state index in [1.165, 1.54) is 25.3 Å². The van der Waals surface area contributed by atoms with Crippen LogP contribution in [0.5, 0.6) is 11.5 Å². The van der Waals surface area contributed by atoms with Crippen molar-refractivity contribution in [3.63, 3.8) is 0 Å². The highest BCUT2D eigenvalue weighted by Gasteiger charge is 2.10. The quantitative estimate of drug-likeness (QED) is 0.575. The van der Waals surface area contributed by atoms with Crippen LogP contribution >= 0.6 is 0 Å². The van der Waals surface area contributed by atoms with Crippen LogP contribution in [0.2, 0.25) is 0 Å². The maximum absolute atomic E-state index is 11.5. The van der Waals surface area contributed by atoms with Gasteiger partial charge in [0.1, 0.15) is 11.5 Å². The third kappa shape index (κ3) is 5.35. The van der Waals surface area contributed by atoms with E-state index in [0.29, 0.717) is 12.0 Å². The molecule has 0 unspecified atom stereocenters. The summed E-state index contributed by atoms with van der Waals surface area (Å²) in [4.78, 5) is 33.6. The minimum Gasteiger partial charge on any atom is -0.497 e. The van der Waals surface area contributed by atoms with E-state index < -0.39 is 18.5 Å². The Morgan fingerprint density at radius 1 is 1.38 bits per heavy atom. The van der Waals surface area contributed by atoms with Gasteiger partial charge < -0.3 is 14.8 Å². The predicted octanol–water partition coefficient (Wildman–Crippen LogP) is 0.898. The Labute approximate surface area is 121 Å². The number of amides is 3. The van der Waals surface area contributed by atoms with Gasteiger partial charge in [-0.1, -0.05) is 6.08 Å². The van der Waals surface area contributed by atoms with Gasteiger partial charge in [-0.25, -0.2) is 4.79 Å². The van der Waals surface area contributed by atoms with E-state index in [0.717, 1.165) is 0 Å². The molecule has 0 aliphatic rings. The molecule has 1 aromatic rings. The molecule has 112 valence electrons. The number of nitrogens with one attached hydrogen (secondary N) is 2. The van der Waals surface area contributed by atoms with Crippen LogP contribution in [0.25, 0.3) is 0 Å². The first-order valence-electron chi connectivity index (χ1n) is 6.05. The summed E-state index contributed by atoms with van der Waals surface area (Å²) in [5.41, 5.74) is 0.248. The van der Waals surface area contributed by atoms with E-state index in [1.807, 2.05) is 0 Å². The average Bonchev–Trinajstić information content (AvgIpc) is 2.50. The van der Waals surface area contributed by atoms with E-state index in [4.69, 9.17) is 9.47 Å². The largest absolute Gasteiger partial charge is 0.497 e. The molecule has 2 N–H and O–H groups in total. The number of carbonyl (C=O) groups excluding carboxylic acids is 3. The SMILES string of the molecule is C=CCNC(=O)NC(=O)COc1ccc(OC)cc1C=O. The minimum atomic E-state index is -0.645. The highest BCUT2D eigenvalue weighted by Crippen LogP contribution is 2.22. The molecule has 1 rings (SSSR count). The Kier molecular flexibility index (Phi) is 6.46. The number of benzene rings is 1. The first-order chi connectivity index (χ1) is 10.1. The molecule has 7 heteroatoms. The van der Waals surface area contributed by atoms with Crippen LogP contribution in [0, 0.1) is 0 Å². The standard InChI is InChI=1S/C14H16N2O5/c1-3-6-15-14(19)16-13(18)9-21-12-5-4-11(20-2)7-10(12)8-17/h3-5,7-8H,1,6,9H2,2H3,(H2,15,16,18,19). The summed E-state index contributed by atoms with van der Waals surface area (Å²) in [6.07, 6.45) is 2.07. The fourth-order valence-corrected chi connectivity index (χ4v) is 1.39. The topological polar surface area (TPSA) is 93.7 Å². The van der Waals surface area contributed by atoms with Gasteiger partial charge in [0.2, 0.25) is 0 Å².